The standard InChI is InChI=1S/C52H39NS/c1-51(2)42-23-11-7-18-35(42)37-29-28-33(31-44(37)51)53(46-26-15-22-39-36-19-8-12-24-43(36)52(3,4)49(39)46)45-25-13-9-20-38(45)41-30-32-16-5-6-17-34(32)48-40-21-10-14-27-47(40)54-50(41)48/h5-31H,1-4H3. The van der Waals surface area contributed by atoms with Gasteiger partial charge in [-0.3, -0.25) is 0 Å². The lowest BCUT2D eigenvalue weighted by atomic mass is 9.80. The smallest absolute Gasteiger partial charge is 0.0540 e. The fourth-order valence-electron chi connectivity index (χ4n) is 9.92. The van der Waals surface area contributed by atoms with Crippen molar-refractivity contribution in [3.05, 3.63) is 186 Å². The third kappa shape index (κ3) is 4.26. The molecule has 1 nitrogen and oxygen atoms in total. The maximum Gasteiger partial charge on any atom is 0.0540 e. The van der Waals surface area contributed by atoms with Crippen LogP contribution in [0.3, 0.4) is 0 Å². The van der Waals surface area contributed by atoms with Gasteiger partial charge in [0.1, 0.15) is 0 Å². The maximum atomic E-state index is 2.58. The fourth-order valence-corrected chi connectivity index (χ4v) is 11.2. The molecule has 0 spiro atoms. The quantitative estimate of drug-likeness (QED) is 0.176. The second-order valence-electron chi connectivity index (χ2n) is 16.1. The Morgan fingerprint density at radius 1 is 0.426 bits per heavy atom. The SMILES string of the molecule is CC1(C)c2ccccc2-c2ccc(N(c3ccccc3-c3cc4ccccc4c4c3sc3ccccc34)c3cccc4c3C(C)(C)c3ccccc3-4)cc21. The molecule has 0 atom stereocenters. The summed E-state index contributed by atoms with van der Waals surface area (Å²) in [5, 5.41) is 5.24. The Balaban J connectivity index is 1.23. The molecule has 11 rings (SSSR count). The van der Waals surface area contributed by atoms with Gasteiger partial charge in [0, 0.05) is 47.8 Å². The monoisotopic (exact) mass is 709 g/mol. The van der Waals surface area contributed by atoms with Gasteiger partial charge in [-0.2, -0.15) is 0 Å². The van der Waals surface area contributed by atoms with Crippen molar-refractivity contribution in [3.63, 3.8) is 0 Å². The van der Waals surface area contributed by atoms with Gasteiger partial charge in [-0.1, -0.05) is 155 Å². The van der Waals surface area contributed by atoms with Gasteiger partial charge in [-0.25, -0.2) is 0 Å². The first-order valence-corrected chi connectivity index (χ1v) is 19.8. The van der Waals surface area contributed by atoms with Gasteiger partial charge in [-0.15, -0.1) is 11.3 Å². The highest BCUT2D eigenvalue weighted by molar-refractivity contribution is 7.26. The van der Waals surface area contributed by atoms with Crippen LogP contribution in [0.4, 0.5) is 17.1 Å². The summed E-state index contributed by atoms with van der Waals surface area (Å²) >= 11 is 1.91. The zero-order chi connectivity index (χ0) is 36.3. The van der Waals surface area contributed by atoms with E-state index >= 15 is 0 Å². The molecule has 0 N–H and O–H groups in total. The first kappa shape index (κ1) is 31.6. The predicted octanol–water partition coefficient (Wildman–Crippen LogP) is 15.0. The molecule has 0 amide bonds. The average Bonchev–Trinajstić information content (AvgIpc) is 3.79. The molecule has 0 aliphatic heterocycles. The summed E-state index contributed by atoms with van der Waals surface area (Å²) in [6.07, 6.45) is 0. The Hall–Kier alpha value is -5.96. The molecule has 0 saturated heterocycles. The van der Waals surface area contributed by atoms with E-state index in [1.54, 1.807) is 0 Å². The number of benzene rings is 8. The number of anilines is 3. The lowest BCUT2D eigenvalue weighted by Gasteiger charge is -2.34. The maximum absolute atomic E-state index is 2.58. The Morgan fingerprint density at radius 3 is 1.83 bits per heavy atom. The second kappa shape index (κ2) is 11.3. The third-order valence-corrected chi connectivity index (χ3v) is 13.6. The summed E-state index contributed by atoms with van der Waals surface area (Å²) < 4.78 is 2.65. The Labute approximate surface area is 320 Å². The molecule has 0 bridgehead atoms. The molecule has 0 unspecified atom stereocenters. The molecule has 0 fully saturated rings. The summed E-state index contributed by atoms with van der Waals surface area (Å²) in [4.78, 5) is 2.58. The number of para-hydroxylation sites is 1. The van der Waals surface area contributed by atoms with Crippen LogP contribution in [0, 0.1) is 0 Å². The highest BCUT2D eigenvalue weighted by atomic mass is 32.1. The summed E-state index contributed by atoms with van der Waals surface area (Å²) in [5.74, 6) is 0. The number of fused-ring (bicyclic) bond motifs is 11. The molecule has 8 aromatic carbocycles. The lowest BCUT2D eigenvalue weighted by molar-refractivity contribution is 0.658. The topological polar surface area (TPSA) is 3.24 Å². The van der Waals surface area contributed by atoms with Crippen molar-refractivity contribution in [1.29, 1.82) is 0 Å². The largest absolute Gasteiger partial charge is 0.310 e. The molecule has 2 aliphatic carbocycles. The second-order valence-corrected chi connectivity index (χ2v) is 17.1. The number of nitrogens with zero attached hydrogens (tertiary/aromatic N) is 1. The van der Waals surface area contributed by atoms with E-state index in [4.69, 9.17) is 0 Å². The predicted molar refractivity (Wildman–Crippen MR) is 232 cm³/mol. The van der Waals surface area contributed by atoms with Gasteiger partial charge in [0.15, 0.2) is 0 Å². The van der Waals surface area contributed by atoms with Crippen LogP contribution in [0.2, 0.25) is 0 Å². The van der Waals surface area contributed by atoms with E-state index in [1.165, 1.54) is 104 Å². The Kier molecular flexibility index (Phi) is 6.59. The van der Waals surface area contributed by atoms with E-state index in [0.717, 1.165) is 0 Å². The van der Waals surface area contributed by atoms with Crippen molar-refractivity contribution in [2.24, 2.45) is 0 Å². The summed E-state index contributed by atoms with van der Waals surface area (Å²) in [5.41, 5.74) is 16.6. The highest BCUT2D eigenvalue weighted by Crippen LogP contribution is 2.57. The zero-order valence-corrected chi connectivity index (χ0v) is 31.8. The van der Waals surface area contributed by atoms with Crippen molar-refractivity contribution < 1.29 is 0 Å². The van der Waals surface area contributed by atoms with Gasteiger partial charge in [0.2, 0.25) is 0 Å². The van der Waals surface area contributed by atoms with Crippen LogP contribution in [0.5, 0.6) is 0 Å². The molecule has 2 aliphatic rings. The summed E-state index contributed by atoms with van der Waals surface area (Å²) in [7, 11) is 0. The molecular weight excluding hydrogens is 671 g/mol. The number of rotatable bonds is 4. The molecule has 9 aromatic rings. The van der Waals surface area contributed by atoms with Crippen LogP contribution in [-0.2, 0) is 10.8 Å². The van der Waals surface area contributed by atoms with E-state index in [-0.39, 0.29) is 10.8 Å². The normalized spacial score (nSPS) is 14.6. The molecule has 0 radical (unpaired) electrons. The molecule has 258 valence electrons. The minimum absolute atomic E-state index is 0.122. The Morgan fingerprint density at radius 2 is 1.02 bits per heavy atom. The van der Waals surface area contributed by atoms with Crippen molar-refractivity contribution >= 4 is 59.3 Å². The minimum atomic E-state index is -0.191. The number of thiophene rings is 1. The van der Waals surface area contributed by atoms with E-state index in [9.17, 15) is 0 Å². The van der Waals surface area contributed by atoms with Crippen LogP contribution in [0.25, 0.3) is 64.3 Å². The minimum Gasteiger partial charge on any atom is -0.310 e. The van der Waals surface area contributed by atoms with Crippen LogP contribution >= 0.6 is 11.3 Å². The van der Waals surface area contributed by atoms with Crippen LogP contribution in [0.1, 0.15) is 49.9 Å². The van der Waals surface area contributed by atoms with Crippen LogP contribution < -0.4 is 4.90 Å². The molecule has 1 aromatic heterocycles. The fraction of sp³-hybridized carbons (Fsp3) is 0.115. The molecule has 54 heavy (non-hydrogen) atoms. The van der Waals surface area contributed by atoms with Gasteiger partial charge in [0.25, 0.3) is 0 Å². The highest BCUT2D eigenvalue weighted by Gasteiger charge is 2.40. The van der Waals surface area contributed by atoms with Gasteiger partial charge < -0.3 is 4.90 Å². The van der Waals surface area contributed by atoms with Crippen LogP contribution in [0.15, 0.2) is 164 Å². The Bertz CT molecular complexity index is 3010. The van der Waals surface area contributed by atoms with Gasteiger partial charge in [-0.05, 0) is 91.7 Å². The summed E-state index contributed by atoms with van der Waals surface area (Å²) in [6.45, 7) is 9.56. The average molecular weight is 710 g/mol. The first-order valence-electron chi connectivity index (χ1n) is 19.0. The molecular formula is C52H39NS. The molecule has 1 heterocycles. The first-order chi connectivity index (χ1) is 26.3. The molecule has 2 heteroatoms. The van der Waals surface area contributed by atoms with Gasteiger partial charge >= 0.3 is 0 Å². The van der Waals surface area contributed by atoms with E-state index < -0.39 is 0 Å². The third-order valence-electron chi connectivity index (χ3n) is 12.4. The lowest BCUT2D eigenvalue weighted by Crippen LogP contribution is -2.21. The van der Waals surface area contributed by atoms with Crippen molar-refractivity contribution in [3.8, 4) is 33.4 Å². The van der Waals surface area contributed by atoms with Crippen LogP contribution in [-0.4, -0.2) is 0 Å². The van der Waals surface area contributed by atoms with Crippen molar-refractivity contribution in [1.82, 2.24) is 0 Å². The van der Waals surface area contributed by atoms with Gasteiger partial charge in [0.05, 0.1) is 11.4 Å². The zero-order valence-electron chi connectivity index (χ0n) is 30.9. The number of hydrogen-bond acceptors (Lipinski definition) is 2. The number of hydrogen-bond donors (Lipinski definition) is 0. The summed E-state index contributed by atoms with van der Waals surface area (Å²) in [6, 6.07) is 61.4. The van der Waals surface area contributed by atoms with Crippen molar-refractivity contribution in [2.45, 2.75) is 38.5 Å². The molecule has 0 saturated carbocycles. The van der Waals surface area contributed by atoms with E-state index in [0.29, 0.717) is 0 Å². The van der Waals surface area contributed by atoms with E-state index in [1.807, 2.05) is 11.3 Å². The van der Waals surface area contributed by atoms with E-state index in [2.05, 4.69) is 196 Å². The van der Waals surface area contributed by atoms with Crippen molar-refractivity contribution in [2.75, 3.05) is 4.90 Å².